The molecule has 0 spiro atoms. The summed E-state index contributed by atoms with van der Waals surface area (Å²) in [6.45, 7) is 2.52. The maximum absolute atomic E-state index is 13.1. The van der Waals surface area contributed by atoms with E-state index < -0.39 is 15.8 Å². The van der Waals surface area contributed by atoms with Crippen LogP contribution in [0.3, 0.4) is 0 Å². The Balaban J connectivity index is 1.82. The van der Waals surface area contributed by atoms with Crippen molar-refractivity contribution in [2.75, 3.05) is 13.1 Å². The molecule has 5 nitrogen and oxygen atoms in total. The molecule has 1 aromatic carbocycles. The number of aromatic nitrogens is 1. The Morgan fingerprint density at radius 2 is 1.91 bits per heavy atom. The molecule has 0 aliphatic heterocycles. The van der Waals surface area contributed by atoms with Crippen LogP contribution in [0, 0.1) is 5.82 Å². The van der Waals surface area contributed by atoms with Crippen LogP contribution >= 0.6 is 0 Å². The van der Waals surface area contributed by atoms with Crippen LogP contribution in [0.25, 0.3) is 0 Å². The van der Waals surface area contributed by atoms with Crippen LogP contribution in [0.1, 0.15) is 18.5 Å². The Hall–Kier alpha value is -1.83. The zero-order chi connectivity index (χ0) is 16.0. The first-order chi connectivity index (χ1) is 10.5. The lowest BCUT2D eigenvalue weighted by Crippen LogP contribution is -2.33. The van der Waals surface area contributed by atoms with E-state index >= 15 is 0 Å². The first-order valence-electron chi connectivity index (χ1n) is 6.87. The van der Waals surface area contributed by atoms with E-state index in [1.165, 1.54) is 18.2 Å². The number of nitrogens with one attached hydrogen (secondary N) is 2. The number of halogens is 1. The van der Waals surface area contributed by atoms with Crippen LogP contribution in [-0.4, -0.2) is 26.5 Å². The summed E-state index contributed by atoms with van der Waals surface area (Å²) in [5, 5.41) is 3.12. The lowest BCUT2D eigenvalue weighted by Gasteiger charge is -2.14. The molecule has 0 aliphatic rings. The summed E-state index contributed by atoms with van der Waals surface area (Å²) in [4.78, 5) is 4.02. The lowest BCUT2D eigenvalue weighted by molar-refractivity contribution is 0.548. The smallest absolute Gasteiger partial charge is 0.240 e. The molecule has 0 saturated heterocycles. The molecule has 0 bridgehead atoms. The van der Waals surface area contributed by atoms with E-state index in [9.17, 15) is 12.8 Å². The minimum Gasteiger partial charge on any atom is -0.309 e. The van der Waals surface area contributed by atoms with E-state index in [1.807, 2.05) is 6.92 Å². The zero-order valence-corrected chi connectivity index (χ0v) is 13.0. The fourth-order valence-corrected chi connectivity index (χ4v) is 2.99. The molecule has 22 heavy (non-hydrogen) atoms. The van der Waals surface area contributed by atoms with Gasteiger partial charge in [-0.05, 0) is 30.7 Å². The first kappa shape index (κ1) is 16.5. The van der Waals surface area contributed by atoms with Crippen molar-refractivity contribution in [3.8, 4) is 0 Å². The van der Waals surface area contributed by atoms with Gasteiger partial charge in [-0.25, -0.2) is 17.5 Å². The van der Waals surface area contributed by atoms with Crippen LogP contribution in [0.5, 0.6) is 0 Å². The molecule has 0 radical (unpaired) electrons. The van der Waals surface area contributed by atoms with Gasteiger partial charge in [0.1, 0.15) is 5.82 Å². The van der Waals surface area contributed by atoms with Crippen LogP contribution in [0.2, 0.25) is 0 Å². The third-order valence-corrected chi connectivity index (χ3v) is 4.62. The highest BCUT2D eigenvalue weighted by Gasteiger charge is 2.12. The minimum absolute atomic E-state index is 0.121. The van der Waals surface area contributed by atoms with Crippen LogP contribution < -0.4 is 10.0 Å². The van der Waals surface area contributed by atoms with Gasteiger partial charge in [0.25, 0.3) is 0 Å². The largest absolute Gasteiger partial charge is 0.309 e. The second-order valence-electron chi connectivity index (χ2n) is 4.82. The normalized spacial score (nSPS) is 13.0. The number of nitrogens with zero attached hydrogens (tertiary/aromatic N) is 1. The molecule has 2 rings (SSSR count). The summed E-state index contributed by atoms with van der Waals surface area (Å²) in [5.41, 5.74) is 0.714. The van der Waals surface area contributed by atoms with Gasteiger partial charge in [0, 0.05) is 25.3 Å². The molecule has 0 saturated carbocycles. The quantitative estimate of drug-likeness (QED) is 0.763. The highest BCUT2D eigenvalue weighted by molar-refractivity contribution is 7.89. The molecule has 2 aromatic rings. The van der Waals surface area contributed by atoms with Gasteiger partial charge in [-0.3, -0.25) is 4.98 Å². The van der Waals surface area contributed by atoms with Crippen LogP contribution in [0.15, 0.2) is 53.7 Å². The highest BCUT2D eigenvalue weighted by atomic mass is 32.2. The minimum atomic E-state index is -3.49. The van der Waals surface area contributed by atoms with Crippen molar-refractivity contribution >= 4 is 10.0 Å². The maximum Gasteiger partial charge on any atom is 0.240 e. The van der Waals surface area contributed by atoms with E-state index in [4.69, 9.17) is 0 Å². The highest BCUT2D eigenvalue weighted by Crippen LogP contribution is 2.11. The summed E-state index contributed by atoms with van der Waals surface area (Å²) in [5.74, 6) is -0.393. The van der Waals surface area contributed by atoms with Crippen molar-refractivity contribution < 1.29 is 12.8 Å². The van der Waals surface area contributed by atoms with Crippen molar-refractivity contribution in [2.45, 2.75) is 17.9 Å². The second-order valence-corrected chi connectivity index (χ2v) is 6.59. The fourth-order valence-electron chi connectivity index (χ4n) is 1.94. The van der Waals surface area contributed by atoms with Gasteiger partial charge in [-0.2, -0.15) is 0 Å². The van der Waals surface area contributed by atoms with Gasteiger partial charge < -0.3 is 5.32 Å². The number of hydrogen-bond donors (Lipinski definition) is 2. The zero-order valence-electron chi connectivity index (χ0n) is 12.2. The third kappa shape index (κ3) is 4.59. The average molecular weight is 323 g/mol. The van der Waals surface area contributed by atoms with Gasteiger partial charge in [-0.15, -0.1) is 0 Å². The Morgan fingerprint density at radius 3 is 2.59 bits per heavy atom. The summed E-state index contributed by atoms with van der Waals surface area (Å²) in [6.07, 6.45) is 2.72. The Bertz CT molecular complexity index is 708. The Morgan fingerprint density at radius 1 is 1.18 bits per heavy atom. The molecule has 1 aromatic heterocycles. The number of hydrogen-bond acceptors (Lipinski definition) is 4. The molecule has 2 N–H and O–H groups in total. The Labute approximate surface area is 129 Å². The van der Waals surface area contributed by atoms with E-state index in [0.29, 0.717) is 12.1 Å². The predicted octanol–water partition coefficient (Wildman–Crippen LogP) is 1.85. The standard InChI is InChI=1S/C15H18FN3O2S/c1-12(13-9-14(16)11-17-10-13)18-7-8-19-22(20,21)15-5-3-2-4-6-15/h2-6,9-12,18-19H,7-8H2,1H3/t12-/m0/s1. The second kappa shape index (κ2) is 7.44. The molecule has 7 heteroatoms. The molecule has 0 unspecified atom stereocenters. The average Bonchev–Trinajstić information content (AvgIpc) is 2.52. The van der Waals surface area contributed by atoms with Gasteiger partial charge >= 0.3 is 0 Å². The van der Waals surface area contributed by atoms with E-state index in [2.05, 4.69) is 15.0 Å². The van der Waals surface area contributed by atoms with Crippen LogP contribution in [0.4, 0.5) is 4.39 Å². The van der Waals surface area contributed by atoms with Crippen LogP contribution in [-0.2, 0) is 10.0 Å². The van der Waals surface area contributed by atoms with Crippen molar-refractivity contribution in [1.29, 1.82) is 0 Å². The number of sulfonamides is 1. The number of pyridine rings is 1. The third-order valence-electron chi connectivity index (χ3n) is 3.15. The monoisotopic (exact) mass is 323 g/mol. The van der Waals surface area contributed by atoms with Crippen molar-refractivity contribution in [3.63, 3.8) is 0 Å². The topological polar surface area (TPSA) is 71.1 Å². The molecular formula is C15H18FN3O2S. The SMILES string of the molecule is C[C@H](NCCNS(=O)(=O)c1ccccc1)c1cncc(F)c1. The van der Waals surface area contributed by atoms with E-state index in [-0.39, 0.29) is 17.5 Å². The van der Waals surface area contributed by atoms with Crippen molar-refractivity contribution in [3.05, 3.63) is 60.2 Å². The summed E-state index contributed by atoms with van der Waals surface area (Å²) in [6, 6.07) is 9.46. The molecule has 1 heterocycles. The van der Waals surface area contributed by atoms with Gasteiger partial charge in [-0.1, -0.05) is 18.2 Å². The summed E-state index contributed by atoms with van der Waals surface area (Å²) >= 11 is 0. The van der Waals surface area contributed by atoms with Crippen molar-refractivity contribution in [1.82, 2.24) is 15.0 Å². The number of rotatable bonds is 7. The summed E-state index contributed by atoms with van der Waals surface area (Å²) < 4.78 is 39.6. The van der Waals surface area contributed by atoms with E-state index in [0.717, 1.165) is 6.20 Å². The van der Waals surface area contributed by atoms with Gasteiger partial charge in [0.2, 0.25) is 10.0 Å². The maximum atomic E-state index is 13.1. The molecule has 1 atom stereocenters. The predicted molar refractivity (Wildman–Crippen MR) is 82.2 cm³/mol. The molecule has 0 aliphatic carbocycles. The lowest BCUT2D eigenvalue weighted by atomic mass is 10.1. The van der Waals surface area contributed by atoms with E-state index in [1.54, 1.807) is 24.4 Å². The molecule has 118 valence electrons. The fraction of sp³-hybridized carbons (Fsp3) is 0.267. The molecular weight excluding hydrogens is 305 g/mol. The van der Waals surface area contributed by atoms with Gasteiger partial charge in [0.15, 0.2) is 0 Å². The molecule has 0 amide bonds. The van der Waals surface area contributed by atoms with Gasteiger partial charge in [0.05, 0.1) is 11.1 Å². The summed E-state index contributed by atoms with van der Waals surface area (Å²) in [7, 11) is -3.49. The van der Waals surface area contributed by atoms with Crippen molar-refractivity contribution in [2.24, 2.45) is 0 Å². The Kier molecular flexibility index (Phi) is 5.59. The number of benzene rings is 1. The first-order valence-corrected chi connectivity index (χ1v) is 8.36. The molecule has 0 fully saturated rings.